The van der Waals surface area contributed by atoms with Gasteiger partial charge in [-0.05, 0) is 46.2 Å². The molecule has 0 aliphatic carbocycles. The number of hydrogen-bond donors (Lipinski definition) is 1. The summed E-state index contributed by atoms with van der Waals surface area (Å²) >= 11 is 0. The minimum absolute atomic E-state index is 0.426. The zero-order chi connectivity index (χ0) is 16.2. The first-order chi connectivity index (χ1) is 11.2. The van der Waals surface area contributed by atoms with E-state index in [1.165, 1.54) is 0 Å². The number of tetrazole rings is 1. The number of rotatable bonds is 5. The van der Waals surface area contributed by atoms with Crippen LogP contribution in [0, 0.1) is 6.92 Å². The van der Waals surface area contributed by atoms with Crippen LogP contribution >= 0.6 is 0 Å². The van der Waals surface area contributed by atoms with Crippen molar-refractivity contribution in [3.05, 3.63) is 71.0 Å². The van der Waals surface area contributed by atoms with Crippen LogP contribution in [-0.2, 0) is 6.54 Å². The van der Waals surface area contributed by atoms with Crippen molar-refractivity contribution in [2.75, 3.05) is 7.11 Å². The third-order valence-electron chi connectivity index (χ3n) is 3.78. The highest BCUT2D eigenvalue weighted by atomic mass is 16.5. The number of aliphatic hydroxyl groups is 1. The van der Waals surface area contributed by atoms with Crippen molar-refractivity contribution in [2.24, 2.45) is 0 Å². The highest BCUT2D eigenvalue weighted by molar-refractivity contribution is 5.31. The van der Waals surface area contributed by atoms with Gasteiger partial charge in [0.05, 0.1) is 13.7 Å². The van der Waals surface area contributed by atoms with Crippen LogP contribution in [-0.4, -0.2) is 32.4 Å². The molecule has 0 saturated heterocycles. The van der Waals surface area contributed by atoms with E-state index in [9.17, 15) is 5.11 Å². The average Bonchev–Trinajstić information content (AvgIpc) is 3.03. The fraction of sp³-hybridized carbons (Fsp3) is 0.235. The Bertz CT molecular complexity index is 783. The van der Waals surface area contributed by atoms with E-state index < -0.39 is 6.10 Å². The van der Waals surface area contributed by atoms with Crippen LogP contribution < -0.4 is 4.74 Å². The van der Waals surface area contributed by atoms with Gasteiger partial charge in [0.15, 0.2) is 5.82 Å². The summed E-state index contributed by atoms with van der Waals surface area (Å²) in [6.45, 7) is 2.44. The molecular formula is C17H18N4O2. The lowest BCUT2D eigenvalue weighted by Gasteiger charge is -2.13. The number of benzene rings is 2. The number of aliphatic hydroxyl groups excluding tert-OH is 1. The maximum atomic E-state index is 10.6. The zero-order valence-electron chi connectivity index (χ0n) is 13.0. The Hall–Kier alpha value is -2.73. The Balaban J connectivity index is 1.85. The largest absolute Gasteiger partial charge is 0.497 e. The lowest BCUT2D eigenvalue weighted by molar-refractivity contribution is 0.202. The molecule has 0 bridgehead atoms. The number of ether oxygens (including phenoxy) is 1. The summed E-state index contributed by atoms with van der Waals surface area (Å²) in [6, 6.07) is 15.3. The second-order valence-electron chi connectivity index (χ2n) is 5.30. The van der Waals surface area contributed by atoms with E-state index in [-0.39, 0.29) is 0 Å². The molecule has 2 aromatic carbocycles. The lowest BCUT2D eigenvalue weighted by atomic mass is 10.0. The summed E-state index contributed by atoms with van der Waals surface area (Å²) in [5.41, 5.74) is 2.83. The predicted octanol–water partition coefficient (Wildman–Crippen LogP) is 2.12. The van der Waals surface area contributed by atoms with Crippen molar-refractivity contribution in [1.29, 1.82) is 0 Å². The smallest absolute Gasteiger partial charge is 0.184 e. The summed E-state index contributed by atoms with van der Waals surface area (Å²) in [5, 5.41) is 22.3. The van der Waals surface area contributed by atoms with Gasteiger partial charge in [-0.1, -0.05) is 36.4 Å². The number of aromatic nitrogens is 4. The van der Waals surface area contributed by atoms with E-state index in [0.29, 0.717) is 12.4 Å². The zero-order valence-corrected chi connectivity index (χ0v) is 13.0. The molecule has 0 amide bonds. The Morgan fingerprint density at radius 3 is 2.57 bits per heavy atom. The Morgan fingerprint density at radius 2 is 1.87 bits per heavy atom. The molecule has 0 fully saturated rings. The summed E-state index contributed by atoms with van der Waals surface area (Å²) in [5.74, 6) is 1.22. The van der Waals surface area contributed by atoms with Gasteiger partial charge in [-0.3, -0.25) is 0 Å². The standard InChI is InChI=1S/C17H18N4O2/c1-12-5-3-4-6-15(12)16(22)17-18-19-20-21(17)11-13-7-9-14(23-2)10-8-13/h3-10,16,22H,11H2,1-2H3. The molecule has 23 heavy (non-hydrogen) atoms. The Kier molecular flexibility index (Phi) is 4.34. The van der Waals surface area contributed by atoms with Crippen LogP contribution in [0.25, 0.3) is 0 Å². The summed E-state index contributed by atoms with van der Waals surface area (Å²) in [6.07, 6.45) is -0.857. The SMILES string of the molecule is COc1ccc(Cn2nnnc2C(O)c2ccccc2C)cc1. The van der Waals surface area contributed by atoms with Gasteiger partial charge in [-0.15, -0.1) is 5.10 Å². The maximum Gasteiger partial charge on any atom is 0.184 e. The lowest BCUT2D eigenvalue weighted by Crippen LogP contribution is -2.13. The van der Waals surface area contributed by atoms with Crippen LogP contribution in [0.4, 0.5) is 0 Å². The van der Waals surface area contributed by atoms with Gasteiger partial charge in [-0.2, -0.15) is 0 Å². The third-order valence-corrected chi connectivity index (χ3v) is 3.78. The molecule has 0 spiro atoms. The van der Waals surface area contributed by atoms with Crippen LogP contribution in [0.15, 0.2) is 48.5 Å². The predicted molar refractivity (Wildman–Crippen MR) is 85.2 cm³/mol. The number of hydrogen-bond acceptors (Lipinski definition) is 5. The van der Waals surface area contributed by atoms with Gasteiger partial charge < -0.3 is 9.84 Å². The van der Waals surface area contributed by atoms with Gasteiger partial charge >= 0.3 is 0 Å². The van der Waals surface area contributed by atoms with E-state index in [1.807, 2.05) is 55.5 Å². The number of nitrogens with zero attached hydrogens (tertiary/aromatic N) is 4. The third kappa shape index (κ3) is 3.22. The molecule has 0 radical (unpaired) electrons. The highest BCUT2D eigenvalue weighted by Crippen LogP contribution is 2.23. The van der Waals surface area contributed by atoms with Gasteiger partial charge in [0.2, 0.25) is 0 Å². The number of aryl methyl sites for hydroxylation is 1. The van der Waals surface area contributed by atoms with Gasteiger partial charge in [0.25, 0.3) is 0 Å². The second kappa shape index (κ2) is 6.58. The van der Waals surface area contributed by atoms with Crippen molar-refractivity contribution >= 4 is 0 Å². The summed E-state index contributed by atoms with van der Waals surface area (Å²) in [4.78, 5) is 0. The van der Waals surface area contributed by atoms with Crippen molar-refractivity contribution in [1.82, 2.24) is 20.2 Å². The first-order valence-corrected chi connectivity index (χ1v) is 7.31. The fourth-order valence-corrected chi connectivity index (χ4v) is 2.46. The average molecular weight is 310 g/mol. The molecule has 1 unspecified atom stereocenters. The first-order valence-electron chi connectivity index (χ1n) is 7.31. The molecule has 118 valence electrons. The minimum atomic E-state index is -0.857. The quantitative estimate of drug-likeness (QED) is 0.781. The van der Waals surface area contributed by atoms with Gasteiger partial charge in [-0.25, -0.2) is 4.68 Å². The van der Waals surface area contributed by atoms with Crippen LogP contribution in [0.2, 0.25) is 0 Å². The van der Waals surface area contributed by atoms with Crippen LogP contribution in [0.5, 0.6) is 5.75 Å². The normalized spacial score (nSPS) is 12.1. The van der Waals surface area contributed by atoms with E-state index in [4.69, 9.17) is 4.74 Å². The topological polar surface area (TPSA) is 73.1 Å². The maximum absolute atomic E-state index is 10.6. The first kappa shape index (κ1) is 15.2. The van der Waals surface area contributed by atoms with Crippen LogP contribution in [0.1, 0.15) is 28.6 Å². The molecule has 0 aliphatic rings. The van der Waals surface area contributed by atoms with Gasteiger partial charge in [0.1, 0.15) is 11.9 Å². The van der Waals surface area contributed by atoms with Gasteiger partial charge in [0, 0.05) is 0 Å². The molecule has 6 heteroatoms. The van der Waals surface area contributed by atoms with Crippen molar-refractivity contribution in [3.63, 3.8) is 0 Å². The molecule has 1 heterocycles. The van der Waals surface area contributed by atoms with Crippen molar-refractivity contribution in [2.45, 2.75) is 19.6 Å². The molecule has 6 nitrogen and oxygen atoms in total. The Morgan fingerprint density at radius 1 is 1.13 bits per heavy atom. The van der Waals surface area contributed by atoms with Crippen LogP contribution in [0.3, 0.4) is 0 Å². The minimum Gasteiger partial charge on any atom is -0.497 e. The van der Waals surface area contributed by atoms with E-state index in [0.717, 1.165) is 22.4 Å². The molecule has 1 atom stereocenters. The van der Waals surface area contributed by atoms with Crippen molar-refractivity contribution in [3.8, 4) is 5.75 Å². The molecule has 3 rings (SSSR count). The molecular weight excluding hydrogens is 292 g/mol. The molecule has 3 aromatic rings. The van der Waals surface area contributed by atoms with E-state index >= 15 is 0 Å². The molecule has 1 aromatic heterocycles. The Labute approximate surface area is 134 Å². The number of methoxy groups -OCH3 is 1. The van der Waals surface area contributed by atoms with E-state index in [2.05, 4.69) is 15.5 Å². The summed E-state index contributed by atoms with van der Waals surface area (Å²) in [7, 11) is 1.63. The summed E-state index contributed by atoms with van der Waals surface area (Å²) < 4.78 is 6.76. The van der Waals surface area contributed by atoms with Crippen molar-refractivity contribution < 1.29 is 9.84 Å². The fourth-order valence-electron chi connectivity index (χ4n) is 2.46. The molecule has 1 N–H and O–H groups in total. The molecule has 0 saturated carbocycles. The monoisotopic (exact) mass is 310 g/mol. The highest BCUT2D eigenvalue weighted by Gasteiger charge is 2.20. The van der Waals surface area contributed by atoms with E-state index in [1.54, 1.807) is 11.8 Å². The molecule has 0 aliphatic heterocycles. The second-order valence-corrected chi connectivity index (χ2v) is 5.30.